The van der Waals surface area contributed by atoms with Gasteiger partial charge in [0, 0.05) is 24.1 Å². The highest BCUT2D eigenvalue weighted by molar-refractivity contribution is 5.79. The van der Waals surface area contributed by atoms with E-state index < -0.39 is 0 Å². The first-order valence-corrected chi connectivity index (χ1v) is 10.6. The highest BCUT2D eigenvalue weighted by atomic mass is 16.5. The molecule has 0 spiro atoms. The summed E-state index contributed by atoms with van der Waals surface area (Å²) in [6.45, 7) is 10.1. The van der Waals surface area contributed by atoms with Gasteiger partial charge in [0.25, 0.3) is 0 Å². The normalized spacial score (nSPS) is 11.8. The van der Waals surface area contributed by atoms with Gasteiger partial charge in [0.05, 0.1) is 18.8 Å². The fourth-order valence-electron chi connectivity index (χ4n) is 3.19. The lowest BCUT2D eigenvalue weighted by Crippen LogP contribution is -2.36. The smallest absolute Gasteiger partial charge is 0.226 e. The van der Waals surface area contributed by atoms with Crippen molar-refractivity contribution >= 4 is 5.96 Å². The van der Waals surface area contributed by atoms with Crippen LogP contribution in [0.15, 0.2) is 50.5 Å². The Labute approximate surface area is 178 Å². The first-order chi connectivity index (χ1) is 14.6. The van der Waals surface area contributed by atoms with Crippen LogP contribution in [0.3, 0.4) is 0 Å². The third-order valence-corrected chi connectivity index (χ3v) is 5.00. The molecule has 30 heavy (non-hydrogen) atoms. The molecule has 0 saturated carbocycles. The Balaban J connectivity index is 1.60. The molecular weight excluding hydrogens is 378 g/mol. The minimum atomic E-state index is 0.417. The second-order valence-corrected chi connectivity index (χ2v) is 7.29. The lowest BCUT2D eigenvalue weighted by atomic mass is 9.99. The maximum Gasteiger partial charge on any atom is 0.226 e. The fraction of sp³-hybridized carbons (Fsp3) is 0.435. The standard InChI is InChI=1S/C23H31N5O2/c1-5-17(6-2)21-12-20(30-28-21)14-26-23(24-7-3)25-13-19-15-29-22(27-19)18-10-8-16(4)9-11-18/h8-12,15,17H,5-7,13-14H2,1-4H3,(H2,24,25,26). The summed E-state index contributed by atoms with van der Waals surface area (Å²) in [5.41, 5.74) is 3.96. The van der Waals surface area contributed by atoms with Crippen LogP contribution in [0.2, 0.25) is 0 Å². The molecule has 0 amide bonds. The van der Waals surface area contributed by atoms with Crippen molar-refractivity contribution in [3.63, 3.8) is 0 Å². The fourth-order valence-corrected chi connectivity index (χ4v) is 3.19. The van der Waals surface area contributed by atoms with Crippen LogP contribution < -0.4 is 10.6 Å². The summed E-state index contributed by atoms with van der Waals surface area (Å²) >= 11 is 0. The lowest BCUT2D eigenvalue weighted by molar-refractivity contribution is 0.368. The molecular formula is C23H31N5O2. The molecule has 2 N–H and O–H groups in total. The van der Waals surface area contributed by atoms with Crippen LogP contribution in [0.1, 0.15) is 62.2 Å². The van der Waals surface area contributed by atoms with E-state index in [1.807, 2.05) is 37.3 Å². The van der Waals surface area contributed by atoms with Crippen molar-refractivity contribution < 1.29 is 8.94 Å². The van der Waals surface area contributed by atoms with E-state index in [1.165, 1.54) is 5.56 Å². The van der Waals surface area contributed by atoms with Crippen molar-refractivity contribution in [3.8, 4) is 11.5 Å². The van der Waals surface area contributed by atoms with Crippen molar-refractivity contribution in [1.29, 1.82) is 0 Å². The number of guanidine groups is 1. The molecule has 7 nitrogen and oxygen atoms in total. The highest BCUT2D eigenvalue weighted by Crippen LogP contribution is 2.22. The second-order valence-electron chi connectivity index (χ2n) is 7.29. The van der Waals surface area contributed by atoms with E-state index in [0.29, 0.717) is 30.9 Å². The van der Waals surface area contributed by atoms with Crippen LogP contribution >= 0.6 is 0 Å². The van der Waals surface area contributed by atoms with Gasteiger partial charge in [0.1, 0.15) is 12.0 Å². The number of aromatic nitrogens is 2. The number of rotatable bonds is 9. The van der Waals surface area contributed by atoms with Crippen LogP contribution in [0.5, 0.6) is 0 Å². The number of hydrogen-bond acceptors (Lipinski definition) is 5. The summed E-state index contributed by atoms with van der Waals surface area (Å²) in [5, 5.41) is 10.7. The second kappa shape index (κ2) is 10.6. The average Bonchev–Trinajstić information content (AvgIpc) is 3.42. The number of benzene rings is 1. The van der Waals surface area contributed by atoms with Gasteiger partial charge in [-0.1, -0.05) is 36.7 Å². The van der Waals surface area contributed by atoms with E-state index in [1.54, 1.807) is 6.26 Å². The highest BCUT2D eigenvalue weighted by Gasteiger charge is 2.13. The average molecular weight is 410 g/mol. The number of nitrogens with zero attached hydrogens (tertiary/aromatic N) is 3. The molecule has 0 aliphatic rings. The third kappa shape index (κ3) is 5.72. The van der Waals surface area contributed by atoms with Crippen molar-refractivity contribution in [2.45, 2.75) is 59.5 Å². The molecule has 2 heterocycles. The monoisotopic (exact) mass is 409 g/mol. The summed E-state index contributed by atoms with van der Waals surface area (Å²) < 4.78 is 11.1. The lowest BCUT2D eigenvalue weighted by Gasteiger charge is -2.09. The van der Waals surface area contributed by atoms with E-state index >= 15 is 0 Å². The van der Waals surface area contributed by atoms with Gasteiger partial charge in [-0.15, -0.1) is 0 Å². The Morgan fingerprint density at radius 1 is 1.10 bits per heavy atom. The maximum absolute atomic E-state index is 5.61. The van der Waals surface area contributed by atoms with Crippen molar-refractivity contribution in [2.24, 2.45) is 4.99 Å². The van der Waals surface area contributed by atoms with E-state index in [2.05, 4.69) is 46.5 Å². The number of oxazole rings is 1. The number of hydrogen-bond donors (Lipinski definition) is 2. The Hall–Kier alpha value is -3.09. The van der Waals surface area contributed by atoms with Crippen LogP contribution in [-0.4, -0.2) is 22.6 Å². The zero-order chi connectivity index (χ0) is 21.3. The molecule has 0 unspecified atom stereocenters. The zero-order valence-electron chi connectivity index (χ0n) is 18.2. The molecule has 3 rings (SSSR count). The summed E-state index contributed by atoms with van der Waals surface area (Å²) in [4.78, 5) is 9.15. The summed E-state index contributed by atoms with van der Waals surface area (Å²) in [5.74, 6) is 2.54. The Morgan fingerprint density at radius 2 is 1.87 bits per heavy atom. The van der Waals surface area contributed by atoms with Gasteiger partial charge in [-0.25, -0.2) is 9.98 Å². The SMILES string of the molecule is CCNC(=NCc1coc(-c2ccc(C)cc2)n1)NCc1cc(C(CC)CC)no1. The summed E-state index contributed by atoms with van der Waals surface area (Å²) in [6.07, 6.45) is 3.77. The maximum atomic E-state index is 5.61. The Morgan fingerprint density at radius 3 is 2.57 bits per heavy atom. The predicted molar refractivity (Wildman–Crippen MR) is 118 cm³/mol. The summed E-state index contributed by atoms with van der Waals surface area (Å²) in [6, 6.07) is 10.1. The van der Waals surface area contributed by atoms with E-state index in [4.69, 9.17) is 8.94 Å². The van der Waals surface area contributed by atoms with E-state index in [9.17, 15) is 0 Å². The zero-order valence-corrected chi connectivity index (χ0v) is 18.2. The van der Waals surface area contributed by atoms with E-state index in [-0.39, 0.29) is 0 Å². The molecule has 3 aromatic rings. The third-order valence-electron chi connectivity index (χ3n) is 5.00. The largest absolute Gasteiger partial charge is 0.444 e. The van der Waals surface area contributed by atoms with Gasteiger partial charge in [0.2, 0.25) is 5.89 Å². The summed E-state index contributed by atoms with van der Waals surface area (Å²) in [7, 11) is 0. The number of nitrogens with one attached hydrogen (secondary N) is 2. The number of aliphatic imine (C=N–C) groups is 1. The van der Waals surface area contributed by atoms with Crippen molar-refractivity contribution in [2.75, 3.05) is 6.54 Å². The predicted octanol–water partition coefficient (Wildman–Crippen LogP) is 4.80. The molecule has 1 aromatic carbocycles. The van der Waals surface area contributed by atoms with Crippen LogP contribution in [-0.2, 0) is 13.1 Å². The first kappa shape index (κ1) is 21.6. The molecule has 7 heteroatoms. The van der Waals surface area contributed by atoms with E-state index in [0.717, 1.165) is 42.1 Å². The first-order valence-electron chi connectivity index (χ1n) is 10.6. The molecule has 0 saturated heterocycles. The van der Waals surface area contributed by atoms with Gasteiger partial charge in [-0.2, -0.15) is 0 Å². The van der Waals surface area contributed by atoms with Gasteiger partial charge in [-0.05, 0) is 38.8 Å². The molecule has 0 aliphatic heterocycles. The number of aryl methyl sites for hydroxylation is 1. The minimum Gasteiger partial charge on any atom is -0.444 e. The molecule has 0 fully saturated rings. The quantitative estimate of drug-likeness (QED) is 0.390. The molecule has 0 bridgehead atoms. The van der Waals surface area contributed by atoms with Gasteiger partial charge in [0.15, 0.2) is 11.7 Å². The molecule has 0 radical (unpaired) electrons. The Bertz CT molecular complexity index is 939. The molecule has 160 valence electrons. The van der Waals surface area contributed by atoms with Crippen molar-refractivity contribution in [1.82, 2.24) is 20.8 Å². The molecule has 0 atom stereocenters. The van der Waals surface area contributed by atoms with Gasteiger partial charge >= 0.3 is 0 Å². The van der Waals surface area contributed by atoms with Crippen molar-refractivity contribution in [3.05, 3.63) is 59.3 Å². The van der Waals surface area contributed by atoms with Gasteiger partial charge in [-0.3, -0.25) is 0 Å². The van der Waals surface area contributed by atoms with Crippen LogP contribution in [0.25, 0.3) is 11.5 Å². The molecule has 2 aromatic heterocycles. The van der Waals surface area contributed by atoms with Gasteiger partial charge < -0.3 is 19.6 Å². The van der Waals surface area contributed by atoms with Crippen LogP contribution in [0, 0.1) is 6.92 Å². The molecule has 0 aliphatic carbocycles. The minimum absolute atomic E-state index is 0.417. The topological polar surface area (TPSA) is 88.5 Å². The van der Waals surface area contributed by atoms with Crippen LogP contribution in [0.4, 0.5) is 0 Å². The Kier molecular flexibility index (Phi) is 7.65.